The zero-order valence-corrected chi connectivity index (χ0v) is 48.0. The fraction of sp³-hybridized carbons (Fsp3) is 0.229. The Bertz CT molecular complexity index is 4150. The summed E-state index contributed by atoms with van der Waals surface area (Å²) in [5.74, 6) is 2.04. The van der Waals surface area contributed by atoms with Crippen LogP contribution < -0.4 is 9.64 Å². The molecule has 0 bridgehead atoms. The van der Waals surface area contributed by atoms with Gasteiger partial charge in [0.05, 0.1) is 0 Å². The third kappa shape index (κ3) is 8.81. The summed E-state index contributed by atoms with van der Waals surface area (Å²) in [5, 5.41) is 9.37. The zero-order valence-electron chi connectivity index (χ0n) is 45.8. The fourth-order valence-corrected chi connectivity index (χ4v) is 11.1. The van der Waals surface area contributed by atoms with Crippen LogP contribution in [0.3, 0.4) is 0 Å². The molecule has 384 valence electrons. The molecule has 6 heteroatoms. The third-order valence-corrected chi connectivity index (χ3v) is 15.3. The van der Waals surface area contributed by atoms with Crippen LogP contribution in [0.15, 0.2) is 170 Å². The Labute approximate surface area is 462 Å². The molecule has 0 amide bonds. The van der Waals surface area contributed by atoms with Gasteiger partial charge in [-0.25, -0.2) is 4.98 Å². The molecule has 76 heavy (non-hydrogen) atoms. The van der Waals surface area contributed by atoms with Gasteiger partial charge in [-0.05, 0) is 135 Å². The van der Waals surface area contributed by atoms with Crippen molar-refractivity contribution in [2.75, 3.05) is 4.90 Å². The molecule has 5 nitrogen and oxygen atoms in total. The molecule has 0 aliphatic carbocycles. The first-order chi connectivity index (χ1) is 35.7. The molecule has 0 fully saturated rings. The van der Waals surface area contributed by atoms with Gasteiger partial charge in [-0.1, -0.05) is 203 Å². The van der Waals surface area contributed by atoms with Gasteiger partial charge in [0.1, 0.15) is 5.82 Å². The number of pyridine rings is 1. The quantitative estimate of drug-likeness (QED) is 0.161. The van der Waals surface area contributed by atoms with Crippen molar-refractivity contribution in [2.45, 2.75) is 105 Å². The monoisotopic (exact) mass is 1170 g/mol. The van der Waals surface area contributed by atoms with E-state index < -0.39 is 0 Å². The number of anilines is 2. The average molecular weight is 1170 g/mol. The van der Waals surface area contributed by atoms with Crippen LogP contribution in [0.5, 0.6) is 11.5 Å². The number of para-hydroxylation sites is 3. The molecule has 4 heterocycles. The first-order valence-electron chi connectivity index (χ1n) is 26.4. The largest absolute Gasteiger partial charge is 0.509 e. The SMILES string of the molecule is CC(C)(C)c1cc(-c2cccc3c4ccc(C(C)(C)C)cc4c4ccccc4c4cccc5c4n(c23)[CH-]N5c2[c-]c(Oc3[c-]c4c(cc3)c3ccccc3n4-c3cc(C(C)(C)C)ccn3)ccc2)cc(C(C)(C)C)c1.[Pt]. The van der Waals surface area contributed by atoms with E-state index in [1.165, 1.54) is 60.3 Å². The van der Waals surface area contributed by atoms with Crippen LogP contribution in [0.25, 0.3) is 82.1 Å². The smallest absolute Gasteiger partial charge is 0.135 e. The van der Waals surface area contributed by atoms with Crippen molar-refractivity contribution < 1.29 is 25.8 Å². The second kappa shape index (κ2) is 18.5. The predicted molar refractivity (Wildman–Crippen MR) is 317 cm³/mol. The van der Waals surface area contributed by atoms with E-state index in [-0.39, 0.29) is 42.7 Å². The van der Waals surface area contributed by atoms with E-state index in [1.807, 2.05) is 18.3 Å². The molecule has 0 spiro atoms. The Balaban J connectivity index is 0.00000616. The van der Waals surface area contributed by atoms with E-state index >= 15 is 0 Å². The minimum atomic E-state index is -0.0647. The minimum Gasteiger partial charge on any atom is -0.509 e. The summed E-state index contributed by atoms with van der Waals surface area (Å²) in [6, 6.07) is 67.6. The molecule has 8 aromatic carbocycles. The first kappa shape index (κ1) is 50.8. The van der Waals surface area contributed by atoms with E-state index in [4.69, 9.17) is 9.72 Å². The predicted octanol–water partition coefficient (Wildman–Crippen LogP) is 19.1. The molecule has 0 unspecified atom stereocenters. The van der Waals surface area contributed by atoms with Gasteiger partial charge in [0, 0.05) is 50.0 Å². The molecule has 0 saturated carbocycles. The van der Waals surface area contributed by atoms with Crippen LogP contribution in [-0.2, 0) is 42.7 Å². The summed E-state index contributed by atoms with van der Waals surface area (Å²) in [5.41, 5.74) is 13.4. The van der Waals surface area contributed by atoms with Gasteiger partial charge in [-0.15, -0.1) is 35.7 Å². The van der Waals surface area contributed by atoms with Crippen LogP contribution in [0.1, 0.15) is 105 Å². The van der Waals surface area contributed by atoms with Gasteiger partial charge in [0.15, 0.2) is 0 Å². The number of nitrogens with zero attached hydrogens (tertiary/aromatic N) is 4. The summed E-state index contributed by atoms with van der Waals surface area (Å²) in [4.78, 5) is 7.19. The molecule has 0 saturated heterocycles. The van der Waals surface area contributed by atoms with Gasteiger partial charge in [0.25, 0.3) is 0 Å². The van der Waals surface area contributed by atoms with Crippen molar-refractivity contribution in [2.24, 2.45) is 0 Å². The zero-order chi connectivity index (χ0) is 52.3. The summed E-state index contributed by atoms with van der Waals surface area (Å²) < 4.78 is 11.5. The molecular weight excluding hydrogens is 1110 g/mol. The number of hydrogen-bond acceptors (Lipinski definition) is 3. The van der Waals surface area contributed by atoms with Gasteiger partial charge in [-0.2, -0.15) is 12.1 Å². The molecule has 1 aliphatic heterocycles. The maximum atomic E-state index is 6.82. The molecule has 0 N–H and O–H groups in total. The molecule has 3 aromatic heterocycles. The number of hydrogen-bond donors (Lipinski definition) is 0. The Kier molecular flexibility index (Phi) is 12.3. The van der Waals surface area contributed by atoms with Crippen molar-refractivity contribution >= 4 is 76.5 Å². The van der Waals surface area contributed by atoms with Gasteiger partial charge in [0.2, 0.25) is 0 Å². The minimum absolute atomic E-state index is 0. The van der Waals surface area contributed by atoms with Crippen LogP contribution in [0, 0.1) is 18.8 Å². The first-order valence-corrected chi connectivity index (χ1v) is 26.4. The van der Waals surface area contributed by atoms with Crippen LogP contribution in [-0.4, -0.2) is 14.1 Å². The Morgan fingerprint density at radius 1 is 0.447 bits per heavy atom. The van der Waals surface area contributed by atoms with E-state index in [0.29, 0.717) is 11.5 Å². The van der Waals surface area contributed by atoms with Crippen molar-refractivity contribution in [3.8, 4) is 28.4 Å². The molecule has 0 radical (unpaired) electrons. The fourth-order valence-electron chi connectivity index (χ4n) is 11.1. The van der Waals surface area contributed by atoms with E-state index in [2.05, 4.69) is 268 Å². The second-order valence-corrected chi connectivity index (χ2v) is 24.7. The number of rotatable bonds is 5. The third-order valence-electron chi connectivity index (χ3n) is 15.3. The standard InChI is InChI=1S/C70H65N4O.Pt/c1-67(2,3)45-30-32-55-58-26-18-25-52(44-36-47(69(7,8)9)38-48(37-44)70(10,11)12)65(58)73-43-72(62-29-19-27-59(66(62)73)53-22-13-14-23-54(53)60(55)39-45)49-20-17-21-50(41-49)75-51-31-33-57-56-24-15-16-28-61(56)74(63(57)42-51)64-40-46(34-35-71-64)68(4,5)6;/h13-40,43H,1-12H3;/q-3;. The Morgan fingerprint density at radius 2 is 1.01 bits per heavy atom. The van der Waals surface area contributed by atoms with Crippen molar-refractivity contribution in [3.05, 3.63) is 211 Å². The van der Waals surface area contributed by atoms with Crippen LogP contribution in [0.4, 0.5) is 11.4 Å². The van der Waals surface area contributed by atoms with Crippen LogP contribution in [0.2, 0.25) is 0 Å². The molecule has 12 rings (SSSR count). The van der Waals surface area contributed by atoms with Crippen molar-refractivity contribution in [3.63, 3.8) is 0 Å². The second-order valence-electron chi connectivity index (χ2n) is 24.7. The maximum absolute atomic E-state index is 6.82. The van der Waals surface area contributed by atoms with E-state index in [0.717, 1.165) is 55.4 Å². The normalized spacial score (nSPS) is 13.0. The summed E-state index contributed by atoms with van der Waals surface area (Å²) in [6.07, 6.45) is 1.91. The number of ether oxygens (including phenoxy) is 1. The summed E-state index contributed by atoms with van der Waals surface area (Å²) in [7, 11) is 0. The molecule has 1 aliphatic rings. The number of aromatic nitrogens is 3. The number of fused-ring (bicyclic) bond motifs is 10. The van der Waals surface area contributed by atoms with E-state index in [1.54, 1.807) is 0 Å². The Hall–Kier alpha value is -7.33. The summed E-state index contributed by atoms with van der Waals surface area (Å²) in [6.45, 7) is 29.8. The van der Waals surface area contributed by atoms with Crippen molar-refractivity contribution in [1.29, 1.82) is 0 Å². The topological polar surface area (TPSA) is 35.2 Å². The average Bonchev–Trinajstić information content (AvgIpc) is 4.02. The molecule has 0 atom stereocenters. The van der Waals surface area contributed by atoms with Crippen LogP contribution >= 0.6 is 0 Å². The molecular formula is C70H65N4OPt-3. The van der Waals surface area contributed by atoms with Crippen molar-refractivity contribution in [1.82, 2.24) is 14.1 Å². The van der Waals surface area contributed by atoms with Gasteiger partial charge < -0.3 is 18.8 Å². The van der Waals surface area contributed by atoms with Gasteiger partial charge >= 0.3 is 0 Å². The van der Waals surface area contributed by atoms with E-state index in [9.17, 15) is 0 Å². The summed E-state index contributed by atoms with van der Waals surface area (Å²) >= 11 is 0. The Morgan fingerprint density at radius 3 is 1.71 bits per heavy atom. The van der Waals surface area contributed by atoms with Gasteiger partial charge in [-0.3, -0.25) is 0 Å². The number of benzene rings is 8. The molecule has 11 aromatic rings. The maximum Gasteiger partial charge on any atom is 0.135 e.